The van der Waals surface area contributed by atoms with Crippen LogP contribution in [0.2, 0.25) is 0 Å². The van der Waals surface area contributed by atoms with Crippen LogP contribution in [0, 0.1) is 5.92 Å². The van der Waals surface area contributed by atoms with E-state index in [9.17, 15) is 41.0 Å². The molecule has 37 heavy (non-hydrogen) atoms. The van der Waals surface area contributed by atoms with Crippen LogP contribution < -0.4 is 5.32 Å². The number of hydrogen-bond acceptors (Lipinski definition) is 6. The van der Waals surface area contributed by atoms with Crippen molar-refractivity contribution >= 4 is 28.7 Å². The first-order valence-corrected chi connectivity index (χ1v) is 12.1. The van der Waals surface area contributed by atoms with Gasteiger partial charge in [-0.3, -0.25) is 19.4 Å². The second-order valence-corrected chi connectivity index (χ2v) is 9.98. The number of aliphatic imine (C=N–C) groups is 1. The number of likely N-dealkylation sites (N-methyl/N-ethyl adjacent to an activating group) is 1. The molecule has 3 rings (SSSR count). The Morgan fingerprint density at radius 1 is 1.22 bits per heavy atom. The van der Waals surface area contributed by atoms with Crippen LogP contribution in [0.4, 0.5) is 31.1 Å². The number of aliphatic hydroxyl groups excluding tert-OH is 1. The molecule has 204 valence electrons. The maximum atomic E-state index is 13.5. The van der Waals surface area contributed by atoms with Gasteiger partial charge in [-0.1, -0.05) is 12.1 Å². The molecule has 1 saturated heterocycles. The average Bonchev–Trinajstić information content (AvgIpc) is 3.12. The number of amides is 2. The second-order valence-electron chi connectivity index (χ2n) is 8.99. The van der Waals surface area contributed by atoms with Crippen LogP contribution in [0.15, 0.2) is 34.2 Å². The van der Waals surface area contributed by atoms with E-state index >= 15 is 0 Å². The molecule has 2 aliphatic rings. The molecule has 2 N–H and O–H groups in total. The van der Waals surface area contributed by atoms with E-state index in [1.54, 1.807) is 25.1 Å². The van der Waals surface area contributed by atoms with Gasteiger partial charge < -0.3 is 10.4 Å². The minimum atomic E-state index is -4.92. The summed E-state index contributed by atoms with van der Waals surface area (Å²) in [7, 11) is 3.23. The Hall–Kier alpha value is -2.42. The topological polar surface area (TPSA) is 85.2 Å². The Bertz CT molecular complexity index is 1080. The highest BCUT2D eigenvalue weighted by Gasteiger charge is 2.38. The summed E-state index contributed by atoms with van der Waals surface area (Å²) in [5.41, 5.74) is -2.88. The molecule has 1 aromatic rings. The Balaban J connectivity index is 1.65. The molecule has 14 heteroatoms. The number of aliphatic hydroxyl groups is 1. The predicted molar refractivity (Wildman–Crippen MR) is 126 cm³/mol. The maximum Gasteiger partial charge on any atom is 0.416 e. The molecule has 0 aliphatic carbocycles. The lowest BCUT2D eigenvalue weighted by molar-refractivity contribution is -0.143. The zero-order valence-corrected chi connectivity index (χ0v) is 20.8. The number of halogens is 6. The van der Waals surface area contributed by atoms with Gasteiger partial charge in [0.05, 0.1) is 22.6 Å². The first-order valence-electron chi connectivity index (χ1n) is 11.3. The number of nitrogens with zero attached hydrogens (tertiary/aromatic N) is 3. The number of nitrogens with one attached hydrogen (secondary N) is 1. The third-order valence-corrected chi connectivity index (χ3v) is 6.95. The van der Waals surface area contributed by atoms with Gasteiger partial charge in [-0.05, 0) is 75.4 Å². The lowest BCUT2D eigenvalue weighted by Gasteiger charge is -2.31. The number of likely N-dealkylation sites (tertiary alicyclic amines) is 1. The maximum absolute atomic E-state index is 13.5. The minimum absolute atomic E-state index is 0.0519. The van der Waals surface area contributed by atoms with Crippen molar-refractivity contribution in [3.05, 3.63) is 45.9 Å². The number of alkyl halides is 6. The number of hydrogen-bond donors (Lipinski definition) is 2. The molecule has 0 spiro atoms. The van der Waals surface area contributed by atoms with E-state index in [2.05, 4.69) is 10.3 Å². The number of benzene rings is 1. The van der Waals surface area contributed by atoms with Crippen LogP contribution >= 0.6 is 11.8 Å². The van der Waals surface area contributed by atoms with E-state index in [-0.39, 0.29) is 29.9 Å². The van der Waals surface area contributed by atoms with Crippen molar-refractivity contribution in [2.24, 2.45) is 10.9 Å². The third kappa shape index (κ3) is 7.55. The smallest absolute Gasteiger partial charge is 0.394 e. The quantitative estimate of drug-likeness (QED) is 0.517. The number of piperidine rings is 1. The first-order chi connectivity index (χ1) is 17.2. The summed E-state index contributed by atoms with van der Waals surface area (Å²) in [5.74, 6) is -0.495. The van der Waals surface area contributed by atoms with Crippen LogP contribution in [0.5, 0.6) is 0 Å². The fourth-order valence-corrected chi connectivity index (χ4v) is 4.86. The number of carbonyl (C=O) groups is 2. The fraction of sp³-hybridized carbons (Fsp3) is 0.522. The summed E-state index contributed by atoms with van der Waals surface area (Å²) in [5, 5.41) is 11.5. The SMILES string of the molecule is CN(C)[C@@H](CO)C(=O)NC1=NC(=O)S/C1=C\C1CCN(Cc2ccc(C(F)(F)F)cc2C(F)(F)F)CC1. The summed E-state index contributed by atoms with van der Waals surface area (Å²) in [6.45, 7) is 0.188. The van der Waals surface area contributed by atoms with Crippen LogP contribution in [-0.2, 0) is 23.7 Å². The molecule has 0 bridgehead atoms. The van der Waals surface area contributed by atoms with Crippen molar-refractivity contribution < 1.29 is 41.0 Å². The number of allylic oxidation sites excluding steroid dienone is 1. The van der Waals surface area contributed by atoms with Gasteiger partial charge in [-0.2, -0.15) is 31.3 Å². The minimum Gasteiger partial charge on any atom is -0.394 e. The van der Waals surface area contributed by atoms with Gasteiger partial charge in [0.2, 0.25) is 5.91 Å². The molecule has 2 aliphatic heterocycles. The molecule has 0 saturated carbocycles. The summed E-state index contributed by atoms with van der Waals surface area (Å²) >= 11 is 0.846. The van der Waals surface area contributed by atoms with E-state index in [1.807, 2.05) is 0 Å². The molecule has 1 fully saturated rings. The molecular formula is C23H26F6N4O3S. The van der Waals surface area contributed by atoms with E-state index in [1.165, 1.54) is 4.90 Å². The largest absolute Gasteiger partial charge is 0.416 e. The molecule has 1 aromatic carbocycles. The molecule has 0 radical (unpaired) electrons. The normalized spacial score (nSPS) is 20.0. The lowest BCUT2D eigenvalue weighted by Crippen LogP contribution is -2.47. The number of amidine groups is 1. The van der Waals surface area contributed by atoms with Crippen molar-refractivity contribution in [3.63, 3.8) is 0 Å². The van der Waals surface area contributed by atoms with Gasteiger partial charge >= 0.3 is 17.6 Å². The van der Waals surface area contributed by atoms with E-state index < -0.39 is 47.3 Å². The van der Waals surface area contributed by atoms with Gasteiger partial charge in [0.15, 0.2) is 5.84 Å². The van der Waals surface area contributed by atoms with Crippen LogP contribution in [0.1, 0.15) is 29.5 Å². The molecule has 0 aromatic heterocycles. The van der Waals surface area contributed by atoms with E-state index in [4.69, 9.17) is 0 Å². The second kappa shape index (κ2) is 11.5. The molecule has 0 unspecified atom stereocenters. The lowest BCUT2D eigenvalue weighted by atomic mass is 9.95. The third-order valence-electron chi connectivity index (χ3n) is 6.13. The Labute approximate surface area is 213 Å². The Morgan fingerprint density at radius 2 is 1.86 bits per heavy atom. The highest BCUT2D eigenvalue weighted by atomic mass is 32.2. The standard InChI is InChI=1S/C23H26F6N4O3S/c1-32(2)17(12-34)20(35)30-19-18(37-21(36)31-19)9-13-5-7-33(8-6-13)11-14-3-4-15(22(24,25)26)10-16(14)23(27,28)29/h3-4,9-10,13,17,34H,5-8,11-12H2,1-2H3,(H,30,31,35,36)/b18-9-/t17-/m0/s1. The molecular weight excluding hydrogens is 526 g/mol. The van der Waals surface area contributed by atoms with E-state index in [0.29, 0.717) is 36.9 Å². The van der Waals surface area contributed by atoms with Crippen molar-refractivity contribution in [2.45, 2.75) is 37.8 Å². The highest BCUT2D eigenvalue weighted by Crippen LogP contribution is 2.38. The number of thioether (sulfide) groups is 1. The zero-order chi connectivity index (χ0) is 27.5. The molecule has 1 atom stereocenters. The van der Waals surface area contributed by atoms with Gasteiger partial charge in [-0.15, -0.1) is 0 Å². The highest BCUT2D eigenvalue weighted by molar-refractivity contribution is 8.18. The average molecular weight is 553 g/mol. The van der Waals surface area contributed by atoms with Crippen molar-refractivity contribution in [1.82, 2.24) is 15.1 Å². The first kappa shape index (κ1) is 29.1. The Kier molecular flexibility index (Phi) is 9.09. The van der Waals surface area contributed by atoms with Crippen LogP contribution in [-0.4, -0.2) is 71.7 Å². The van der Waals surface area contributed by atoms with Crippen LogP contribution in [0.3, 0.4) is 0 Å². The molecule has 7 nitrogen and oxygen atoms in total. The fourth-order valence-electron chi connectivity index (χ4n) is 4.08. The van der Waals surface area contributed by atoms with Gasteiger partial charge in [-0.25, -0.2) is 0 Å². The monoisotopic (exact) mass is 552 g/mol. The Morgan fingerprint density at radius 3 is 2.41 bits per heavy atom. The molecule has 2 amide bonds. The number of carbonyl (C=O) groups excluding carboxylic acids is 2. The van der Waals surface area contributed by atoms with E-state index in [0.717, 1.165) is 17.8 Å². The molecule has 2 heterocycles. The number of rotatable bonds is 6. The predicted octanol–water partition coefficient (Wildman–Crippen LogP) is 4.12. The van der Waals surface area contributed by atoms with Gasteiger partial charge in [0.25, 0.3) is 0 Å². The van der Waals surface area contributed by atoms with Crippen molar-refractivity contribution in [1.29, 1.82) is 0 Å². The summed E-state index contributed by atoms with van der Waals surface area (Å²) in [6.07, 6.45) is -6.96. The van der Waals surface area contributed by atoms with Gasteiger partial charge in [0.1, 0.15) is 6.04 Å². The summed E-state index contributed by atoms with van der Waals surface area (Å²) in [4.78, 5) is 31.8. The summed E-state index contributed by atoms with van der Waals surface area (Å²) < 4.78 is 79.1. The van der Waals surface area contributed by atoms with Crippen molar-refractivity contribution in [2.75, 3.05) is 33.8 Å². The van der Waals surface area contributed by atoms with Crippen molar-refractivity contribution in [3.8, 4) is 0 Å². The summed E-state index contributed by atoms with van der Waals surface area (Å²) in [6, 6.07) is 0.843. The van der Waals surface area contributed by atoms with Gasteiger partial charge in [0, 0.05) is 6.54 Å². The zero-order valence-electron chi connectivity index (χ0n) is 20.0. The van der Waals surface area contributed by atoms with Crippen LogP contribution in [0.25, 0.3) is 0 Å².